The molecule has 0 aromatic rings. The fraction of sp³-hybridized carbons (Fsp3) is 0.929. The number of aliphatic carboxylic acids is 3. The van der Waals surface area contributed by atoms with Crippen LogP contribution in [0.25, 0.3) is 0 Å². The Bertz CT molecular complexity index is 2010. The van der Waals surface area contributed by atoms with Gasteiger partial charge in [-0.3, -0.25) is 0 Å². The summed E-state index contributed by atoms with van der Waals surface area (Å²) in [6.45, 7) is 2.65. The van der Waals surface area contributed by atoms with E-state index in [4.69, 9.17) is 61.6 Å². The summed E-state index contributed by atoms with van der Waals surface area (Å²) in [7, 11) is 0. The molecule has 78 heavy (non-hydrogen) atoms. The molecule has 0 aromatic heterocycles. The van der Waals surface area contributed by atoms with E-state index in [9.17, 15) is 117 Å². The van der Waals surface area contributed by atoms with Crippen molar-refractivity contribution in [3.63, 3.8) is 0 Å². The van der Waals surface area contributed by atoms with Crippen molar-refractivity contribution >= 4 is 17.9 Å². The van der Waals surface area contributed by atoms with Gasteiger partial charge in [0, 0.05) is 0 Å². The van der Waals surface area contributed by atoms with Crippen molar-refractivity contribution in [2.45, 2.75) is 236 Å². The van der Waals surface area contributed by atoms with E-state index in [1.54, 1.807) is 0 Å². The van der Waals surface area contributed by atoms with Crippen LogP contribution in [0, 0.1) is 0 Å². The molecule has 0 aliphatic carbocycles. The number of hydrogen-bond donors (Lipinski definition) is 20. The Hall–Kier alpha value is -2.79. The molecule has 450 valence electrons. The van der Waals surface area contributed by atoms with E-state index in [1.807, 2.05) is 0 Å². The van der Waals surface area contributed by atoms with Gasteiger partial charge in [0.1, 0.15) is 134 Å². The summed E-state index contributed by atoms with van der Waals surface area (Å²) in [5.41, 5.74) is 0. The molecule has 0 saturated carbocycles. The minimum Gasteiger partial charge on any atom is -0.479 e. The third kappa shape index (κ3) is 12.4. The average Bonchev–Trinajstić information content (AvgIpc) is 3.40. The van der Waals surface area contributed by atoms with Gasteiger partial charge in [0.2, 0.25) is 0 Å². The molecule has 7 aliphatic heterocycles. The number of carbonyl (C=O) groups is 3. The topological polar surface area (TPSA) is 576 Å². The highest BCUT2D eigenvalue weighted by Crippen LogP contribution is 2.39. The van der Waals surface area contributed by atoms with Gasteiger partial charge in [0.25, 0.3) is 0 Å². The van der Waals surface area contributed by atoms with Crippen molar-refractivity contribution in [3.8, 4) is 0 Å². The van der Waals surface area contributed by atoms with Crippen LogP contribution in [0.2, 0.25) is 0 Å². The van der Waals surface area contributed by atoms with E-state index in [0.717, 1.165) is 6.92 Å². The average molecular weight is 1150 g/mol. The number of rotatable bonds is 16. The van der Waals surface area contributed by atoms with E-state index in [2.05, 4.69) is 0 Å². The van der Waals surface area contributed by atoms with Crippen molar-refractivity contribution in [3.05, 3.63) is 0 Å². The van der Waals surface area contributed by atoms with Crippen LogP contribution in [-0.2, 0) is 76.0 Å². The molecular weight excluding hydrogens is 1080 g/mol. The van der Waals surface area contributed by atoms with Gasteiger partial charge >= 0.3 is 17.9 Å². The summed E-state index contributed by atoms with van der Waals surface area (Å²) >= 11 is 0. The smallest absolute Gasteiger partial charge is 0.335 e. The third-order valence-corrected chi connectivity index (χ3v) is 14.3. The number of hydrogen-bond acceptors (Lipinski definition) is 33. The van der Waals surface area contributed by atoms with Crippen molar-refractivity contribution in [1.29, 1.82) is 0 Å². The van der Waals surface area contributed by atoms with Gasteiger partial charge in [-0.2, -0.15) is 0 Å². The summed E-state index contributed by atoms with van der Waals surface area (Å²) < 4.78 is 72.1. The maximum Gasteiger partial charge on any atom is 0.335 e. The zero-order chi connectivity index (χ0) is 57.8. The summed E-state index contributed by atoms with van der Waals surface area (Å²) in [6, 6.07) is 0. The lowest BCUT2D eigenvalue weighted by Crippen LogP contribution is -2.69. The molecule has 0 aromatic carbocycles. The first-order chi connectivity index (χ1) is 36.5. The number of carboxylic acids is 3. The Kier molecular flexibility index (Phi) is 20.4. The first kappa shape index (κ1) is 62.8. The second-order valence-corrected chi connectivity index (χ2v) is 19.6. The van der Waals surface area contributed by atoms with Crippen LogP contribution in [0.15, 0.2) is 0 Å². The molecule has 35 atom stereocenters. The van der Waals surface area contributed by atoms with Crippen molar-refractivity contribution in [2.75, 3.05) is 6.61 Å². The Morgan fingerprint density at radius 2 is 0.615 bits per heavy atom. The third-order valence-electron chi connectivity index (χ3n) is 14.3. The highest BCUT2D eigenvalue weighted by atomic mass is 16.8. The lowest BCUT2D eigenvalue weighted by atomic mass is 9.95. The molecule has 0 spiro atoms. The zero-order valence-corrected chi connectivity index (χ0v) is 40.9. The van der Waals surface area contributed by atoms with E-state index in [1.165, 1.54) is 13.8 Å². The molecular formula is C42H66O36. The maximum absolute atomic E-state index is 13.0. The number of aliphatic hydroxyl groups is 17. The quantitative estimate of drug-likeness (QED) is 0.0682. The standard InChI is InChI=1S/C42H66O36/c1-5-9(44)12(47)19(54)37(66-5)72-26-16(51)21(56)39(77-31(26)34(61)62)75-28-14(49)10(45)6(2)67-41(28)74-27-17(52)22(57)40(78-32(27)35(63)64)76-29-23(58)24(71-38-20(55)13(48)11(46)8(4-43)69-38)7(3)68-42(29)73-25-15(50)18(53)36(65)70-30(25)33(59)60/h5-32,36-58,65H,4H2,1-3H3,(H,59,60)(H,61,62)(H,63,64)/t5-,6-,7-,8+,9-,10-,11-,12+,13-,14+,15+,16+,17+,18+,19+,20+,21+,22+,23+,24-,25+,26+,27+,28+,29+,30-,31-,32-,36?,37-,38-,39-,40-,41-,42-/m0/s1. The van der Waals surface area contributed by atoms with E-state index in [-0.39, 0.29) is 0 Å². The normalized spacial score (nSPS) is 53.3. The first-order valence-corrected chi connectivity index (χ1v) is 24.2. The summed E-state index contributed by atoms with van der Waals surface area (Å²) in [5.74, 6) is -5.82. The minimum atomic E-state index is -2.55. The molecule has 7 saturated heterocycles. The van der Waals surface area contributed by atoms with Gasteiger partial charge < -0.3 is 164 Å². The summed E-state index contributed by atoms with van der Waals surface area (Å²) in [4.78, 5) is 37.7. The predicted molar refractivity (Wildman–Crippen MR) is 229 cm³/mol. The first-order valence-electron chi connectivity index (χ1n) is 24.2. The Morgan fingerprint density at radius 1 is 0.308 bits per heavy atom. The Balaban J connectivity index is 1.13. The van der Waals surface area contributed by atoms with Crippen LogP contribution < -0.4 is 0 Å². The molecule has 7 aliphatic rings. The predicted octanol–water partition coefficient (Wildman–Crippen LogP) is -12.9. The molecule has 0 bridgehead atoms. The lowest BCUT2D eigenvalue weighted by Gasteiger charge is -2.50. The van der Waals surface area contributed by atoms with Gasteiger partial charge in [-0.25, -0.2) is 14.4 Å². The van der Waals surface area contributed by atoms with Crippen LogP contribution >= 0.6 is 0 Å². The Labute approximate surface area is 438 Å². The van der Waals surface area contributed by atoms with E-state index in [0.29, 0.717) is 0 Å². The molecule has 0 radical (unpaired) electrons. The SMILES string of the molecule is C[C@@H]1O[C@@H](O[C@@H]2[C@H](O)[C@@H](O)[C@@H](O[C@H]3[C@H](O[C@@H]4[C@H](O)[C@@H](O)[C@@H](O[C@H]5[C@H](O[C@@H]6[C@H](O)[C@@H](O)C(O)O[C@@H]6C(=O)O)O[C@@H](C)[C@H](O[C@@H]6O[C@H](CO)[C@H](O)[C@H](O)[C@H]6O)[C@H]5O)O[C@@H]4C(=O)O)O[C@@H](C)[C@H](O)[C@H]3O)O[C@@H]2C(=O)O)[C@H](O)[C@H](O)[C@H]1O. The number of carboxylic acid groups (broad SMARTS) is 3. The second-order valence-electron chi connectivity index (χ2n) is 19.6. The molecule has 7 rings (SSSR count). The number of aliphatic hydroxyl groups excluding tert-OH is 17. The van der Waals surface area contributed by atoms with Gasteiger partial charge in [-0.15, -0.1) is 0 Å². The van der Waals surface area contributed by atoms with E-state index >= 15 is 0 Å². The maximum atomic E-state index is 13.0. The van der Waals surface area contributed by atoms with Crippen LogP contribution in [0.5, 0.6) is 0 Å². The summed E-state index contributed by atoms with van der Waals surface area (Å²) in [6.07, 6.45) is -74.0. The molecule has 7 heterocycles. The van der Waals surface area contributed by atoms with E-state index < -0.39 is 239 Å². The molecule has 36 nitrogen and oxygen atoms in total. The Morgan fingerprint density at radius 3 is 1.08 bits per heavy atom. The molecule has 1 unspecified atom stereocenters. The monoisotopic (exact) mass is 1150 g/mol. The van der Waals surface area contributed by atoms with Crippen LogP contribution in [0.4, 0.5) is 0 Å². The van der Waals surface area contributed by atoms with Gasteiger partial charge in [0.05, 0.1) is 24.9 Å². The van der Waals surface area contributed by atoms with Crippen LogP contribution in [-0.4, -0.2) is 342 Å². The highest BCUT2D eigenvalue weighted by molar-refractivity contribution is 5.74. The lowest BCUT2D eigenvalue weighted by molar-refractivity contribution is -0.405. The van der Waals surface area contributed by atoms with Crippen molar-refractivity contribution < 1.29 is 178 Å². The fourth-order valence-electron chi connectivity index (χ4n) is 9.73. The zero-order valence-electron chi connectivity index (χ0n) is 40.9. The largest absolute Gasteiger partial charge is 0.479 e. The molecule has 20 N–H and O–H groups in total. The highest BCUT2D eigenvalue weighted by Gasteiger charge is 2.60. The van der Waals surface area contributed by atoms with Gasteiger partial charge in [-0.1, -0.05) is 0 Å². The number of ether oxygens (including phenoxy) is 13. The molecule has 7 fully saturated rings. The second kappa shape index (κ2) is 25.4. The molecule has 36 heteroatoms. The fourth-order valence-corrected chi connectivity index (χ4v) is 9.73. The van der Waals surface area contributed by atoms with Crippen LogP contribution in [0.1, 0.15) is 20.8 Å². The minimum absolute atomic E-state index is 0.934. The van der Waals surface area contributed by atoms with Gasteiger partial charge in [-0.05, 0) is 20.8 Å². The van der Waals surface area contributed by atoms with Crippen molar-refractivity contribution in [1.82, 2.24) is 0 Å². The molecule has 0 amide bonds. The van der Waals surface area contributed by atoms with Gasteiger partial charge in [0.15, 0.2) is 62.3 Å². The van der Waals surface area contributed by atoms with Crippen molar-refractivity contribution in [2.24, 2.45) is 0 Å². The van der Waals surface area contributed by atoms with Crippen LogP contribution in [0.3, 0.4) is 0 Å². The summed E-state index contributed by atoms with van der Waals surface area (Å²) in [5, 5.41) is 213.